The van der Waals surface area contributed by atoms with Crippen molar-refractivity contribution >= 4 is 11.9 Å². The van der Waals surface area contributed by atoms with Crippen molar-refractivity contribution in [2.24, 2.45) is 0 Å². The molecule has 1 N–H and O–H groups in total. The smallest absolute Gasteiger partial charge is 0.345 e. The number of aryl methyl sites for hydroxylation is 2. The van der Waals surface area contributed by atoms with E-state index < -0.39 is 12.1 Å². The van der Waals surface area contributed by atoms with E-state index in [1.807, 2.05) is 12.1 Å². The number of rotatable bonds is 10. The third kappa shape index (κ3) is 6.49. The van der Waals surface area contributed by atoms with E-state index in [4.69, 9.17) is 14.2 Å². The van der Waals surface area contributed by atoms with Crippen LogP contribution in [0.3, 0.4) is 0 Å². The molecule has 3 aromatic carbocycles. The van der Waals surface area contributed by atoms with Crippen molar-refractivity contribution in [1.29, 1.82) is 0 Å². The number of carbonyl (C=O) groups excluding carboxylic acids is 2. The Morgan fingerprint density at radius 3 is 2.53 bits per heavy atom. The molecule has 1 aliphatic heterocycles. The minimum Gasteiger partial charge on any atom is -0.486 e. The highest BCUT2D eigenvalue weighted by molar-refractivity contribution is 5.92. The number of hydrogen-bond donors (Lipinski definition) is 1. The van der Waals surface area contributed by atoms with Gasteiger partial charge in [0.25, 0.3) is 5.91 Å². The zero-order valence-corrected chi connectivity index (χ0v) is 27.6. The molecule has 1 saturated heterocycles. The predicted octanol–water partition coefficient (Wildman–Crippen LogP) is 6.44. The van der Waals surface area contributed by atoms with Crippen LogP contribution in [0.1, 0.15) is 84.7 Å². The maximum Gasteiger partial charge on any atom is 0.345 e. The molecule has 2 heterocycles. The lowest BCUT2D eigenvalue weighted by atomic mass is 9.85. The third-order valence-electron chi connectivity index (χ3n) is 9.39. The highest BCUT2D eigenvalue weighted by Gasteiger charge is 2.30. The first-order chi connectivity index (χ1) is 22.8. The quantitative estimate of drug-likeness (QED) is 0.200. The van der Waals surface area contributed by atoms with E-state index in [1.54, 1.807) is 16.5 Å². The Morgan fingerprint density at radius 1 is 1.02 bits per heavy atom. The number of amides is 1. The third-order valence-corrected chi connectivity index (χ3v) is 9.39. The molecule has 2 aliphatic rings. The van der Waals surface area contributed by atoms with E-state index in [2.05, 4.69) is 60.6 Å². The van der Waals surface area contributed by atoms with Crippen molar-refractivity contribution in [3.63, 3.8) is 0 Å². The molecule has 2 atom stereocenters. The zero-order valence-electron chi connectivity index (χ0n) is 27.6. The van der Waals surface area contributed by atoms with Gasteiger partial charge in [-0.3, -0.25) is 4.79 Å². The second-order valence-corrected chi connectivity index (χ2v) is 12.3. The van der Waals surface area contributed by atoms with Crippen LogP contribution in [0.2, 0.25) is 0 Å². The van der Waals surface area contributed by atoms with E-state index in [9.17, 15) is 14.7 Å². The van der Waals surface area contributed by atoms with Crippen LogP contribution in [0, 0.1) is 0 Å². The molecule has 1 fully saturated rings. The summed E-state index contributed by atoms with van der Waals surface area (Å²) in [5, 5.41) is 14.2. The van der Waals surface area contributed by atoms with Gasteiger partial charge in [0.05, 0.1) is 25.6 Å². The molecular weight excluding hydrogens is 594 g/mol. The number of ether oxygens (including phenoxy) is 3. The number of carbonyl (C=O) groups is 2. The van der Waals surface area contributed by atoms with E-state index in [0.29, 0.717) is 24.9 Å². The second-order valence-electron chi connectivity index (χ2n) is 12.3. The van der Waals surface area contributed by atoms with Gasteiger partial charge in [-0.1, -0.05) is 43.3 Å². The number of hydrogen-bond acceptors (Lipinski definition) is 7. The van der Waals surface area contributed by atoms with Crippen molar-refractivity contribution in [2.45, 2.75) is 71.0 Å². The fourth-order valence-electron chi connectivity index (χ4n) is 7.08. The number of aliphatic hydroxyl groups excluding tert-OH is 1. The summed E-state index contributed by atoms with van der Waals surface area (Å²) in [7, 11) is 1.52. The molecule has 0 bridgehead atoms. The topological polar surface area (TPSA) is 103 Å². The summed E-state index contributed by atoms with van der Waals surface area (Å²) in [4.78, 5) is 26.5. The van der Waals surface area contributed by atoms with Gasteiger partial charge < -0.3 is 24.2 Å². The van der Waals surface area contributed by atoms with Gasteiger partial charge in [0.1, 0.15) is 23.5 Å². The van der Waals surface area contributed by atoms with Gasteiger partial charge in [0.15, 0.2) is 0 Å². The van der Waals surface area contributed by atoms with Gasteiger partial charge in [-0.15, -0.1) is 0 Å². The van der Waals surface area contributed by atoms with Gasteiger partial charge in [0.2, 0.25) is 5.88 Å². The summed E-state index contributed by atoms with van der Waals surface area (Å²) in [6.45, 7) is 7.07. The number of fused-ring (bicyclic) bond motifs is 1. The van der Waals surface area contributed by atoms with Crippen molar-refractivity contribution in [3.8, 4) is 28.4 Å². The first kappa shape index (κ1) is 32.3. The maximum absolute atomic E-state index is 12.5. The van der Waals surface area contributed by atoms with E-state index in [1.165, 1.54) is 42.5 Å². The molecule has 47 heavy (non-hydrogen) atoms. The Hall–Kier alpha value is -4.63. The SMILES string of the molecule is CCOC(=O)c1cnn(-c2cccc(-c3cccc4c3[C@@H](Oc3ccc(C5CCN(C(=O)[C@H](C)O)CC5)c(CC)c3)CC4)c2)c1OC. The van der Waals surface area contributed by atoms with E-state index in [0.717, 1.165) is 54.7 Å². The van der Waals surface area contributed by atoms with Gasteiger partial charge in [-0.25, -0.2) is 9.48 Å². The largest absolute Gasteiger partial charge is 0.486 e. The number of nitrogens with zero attached hydrogens (tertiary/aromatic N) is 3. The predicted molar refractivity (Wildman–Crippen MR) is 179 cm³/mol. The number of benzene rings is 3. The van der Waals surface area contributed by atoms with Crippen LogP contribution in [0.15, 0.2) is 66.9 Å². The van der Waals surface area contributed by atoms with Crippen molar-refractivity contribution in [2.75, 3.05) is 26.8 Å². The average Bonchev–Trinajstić information content (AvgIpc) is 3.72. The number of aromatic nitrogens is 2. The number of methoxy groups -OCH3 is 1. The lowest BCUT2D eigenvalue weighted by Gasteiger charge is -2.33. The van der Waals surface area contributed by atoms with Crippen LogP contribution in [-0.2, 0) is 22.4 Å². The van der Waals surface area contributed by atoms with Crippen molar-refractivity contribution in [1.82, 2.24) is 14.7 Å². The molecule has 1 aliphatic carbocycles. The highest BCUT2D eigenvalue weighted by atomic mass is 16.5. The minimum atomic E-state index is -0.953. The summed E-state index contributed by atoms with van der Waals surface area (Å²) in [5.41, 5.74) is 8.26. The van der Waals surface area contributed by atoms with Crippen LogP contribution in [0.4, 0.5) is 0 Å². The molecule has 9 nitrogen and oxygen atoms in total. The molecule has 4 aromatic rings. The second kappa shape index (κ2) is 14.0. The fraction of sp³-hybridized carbons (Fsp3) is 0.395. The number of esters is 1. The van der Waals surface area contributed by atoms with Crippen LogP contribution in [-0.4, -0.2) is 64.6 Å². The Bertz CT molecular complexity index is 1750. The lowest BCUT2D eigenvalue weighted by Crippen LogP contribution is -2.42. The highest BCUT2D eigenvalue weighted by Crippen LogP contribution is 2.42. The van der Waals surface area contributed by atoms with Gasteiger partial charge in [-0.05, 0) is 104 Å². The van der Waals surface area contributed by atoms with Crippen LogP contribution < -0.4 is 9.47 Å². The Kier molecular flexibility index (Phi) is 9.63. The monoisotopic (exact) mass is 637 g/mol. The van der Waals surface area contributed by atoms with Crippen molar-refractivity contribution < 1.29 is 28.9 Å². The molecule has 0 radical (unpaired) electrons. The zero-order chi connectivity index (χ0) is 33.1. The Balaban J connectivity index is 1.24. The average molecular weight is 638 g/mol. The normalized spacial score (nSPS) is 16.9. The summed E-state index contributed by atoms with van der Waals surface area (Å²) in [6, 6.07) is 21.0. The number of piperidine rings is 1. The molecular formula is C38H43N3O6. The molecule has 9 heteroatoms. The Morgan fingerprint density at radius 2 is 1.81 bits per heavy atom. The number of aliphatic hydroxyl groups is 1. The molecule has 1 aromatic heterocycles. The van der Waals surface area contributed by atoms with Gasteiger partial charge in [-0.2, -0.15) is 5.10 Å². The van der Waals surface area contributed by atoms with Gasteiger partial charge >= 0.3 is 5.97 Å². The molecule has 6 rings (SSSR count). The minimum absolute atomic E-state index is 0.0928. The first-order valence-corrected chi connectivity index (χ1v) is 16.6. The van der Waals surface area contributed by atoms with E-state index >= 15 is 0 Å². The molecule has 1 amide bonds. The number of likely N-dealkylation sites (tertiary alicyclic amines) is 1. The van der Waals surface area contributed by atoms with Crippen LogP contribution in [0.5, 0.6) is 11.6 Å². The molecule has 246 valence electrons. The van der Waals surface area contributed by atoms with Crippen LogP contribution >= 0.6 is 0 Å². The van der Waals surface area contributed by atoms with Crippen molar-refractivity contribution in [3.05, 3.63) is 94.7 Å². The van der Waals surface area contributed by atoms with Gasteiger partial charge in [0, 0.05) is 18.7 Å². The van der Waals surface area contributed by atoms with Crippen LogP contribution in [0.25, 0.3) is 16.8 Å². The summed E-state index contributed by atoms with van der Waals surface area (Å²) in [6.07, 6.45) is 4.93. The molecule has 0 saturated carbocycles. The van der Waals surface area contributed by atoms with E-state index in [-0.39, 0.29) is 24.2 Å². The summed E-state index contributed by atoms with van der Waals surface area (Å²) >= 11 is 0. The first-order valence-electron chi connectivity index (χ1n) is 16.6. The molecule has 0 unspecified atom stereocenters. The standard InChI is InChI=1S/C38H43N3O6/c1-5-25-22-30(14-15-31(25)26-17-19-40(20-18-26)36(43)24(3)42)47-34-16-13-27-9-8-12-32(35(27)34)28-10-7-11-29(21-28)41-37(45-4)33(23-39-41)38(44)46-6-2/h7-12,14-15,21-24,26,34,42H,5-6,13,16-20H2,1-4H3/t24-,34-/m0/s1. The molecule has 0 spiro atoms. The Labute approximate surface area is 276 Å². The lowest BCUT2D eigenvalue weighted by molar-refractivity contribution is -0.140. The summed E-state index contributed by atoms with van der Waals surface area (Å²) < 4.78 is 19.2. The fourth-order valence-corrected chi connectivity index (χ4v) is 7.08. The maximum atomic E-state index is 12.5. The summed E-state index contributed by atoms with van der Waals surface area (Å²) in [5.74, 6) is 0.914.